The highest BCUT2D eigenvalue weighted by atomic mass is 16.3. The first kappa shape index (κ1) is 13.7. The lowest BCUT2D eigenvalue weighted by molar-refractivity contribution is 0.0131. The van der Waals surface area contributed by atoms with Crippen LogP contribution in [0.1, 0.15) is 32.5 Å². The molecule has 0 aliphatic heterocycles. The molecular formula is C11H19N3O3. The van der Waals surface area contributed by atoms with E-state index < -0.39 is 5.60 Å². The van der Waals surface area contributed by atoms with Crippen molar-refractivity contribution < 1.29 is 10.2 Å². The number of aliphatic hydroxyl groups excluding tert-OH is 1. The summed E-state index contributed by atoms with van der Waals surface area (Å²) in [5.74, 6) is 1.10. The van der Waals surface area contributed by atoms with Crippen LogP contribution in [0.4, 0.5) is 5.82 Å². The highest BCUT2D eigenvalue weighted by Crippen LogP contribution is 2.10. The lowest BCUT2D eigenvalue weighted by atomic mass is 10.1. The molecule has 1 heterocycles. The van der Waals surface area contributed by atoms with Crippen LogP contribution in [0, 0.1) is 0 Å². The van der Waals surface area contributed by atoms with Gasteiger partial charge >= 0.3 is 0 Å². The molecule has 0 radical (unpaired) electrons. The first-order valence-corrected chi connectivity index (χ1v) is 5.52. The number of hydrogen-bond donors (Lipinski definition) is 4. The topological polar surface area (TPSA) is 98.2 Å². The number of anilines is 1. The number of H-pyrrole nitrogens is 1. The van der Waals surface area contributed by atoms with Gasteiger partial charge in [-0.3, -0.25) is 4.79 Å². The first-order valence-electron chi connectivity index (χ1n) is 5.52. The number of hydrogen-bond acceptors (Lipinski definition) is 5. The Balaban J connectivity index is 2.82. The van der Waals surface area contributed by atoms with Crippen LogP contribution >= 0.6 is 0 Å². The minimum Gasteiger partial charge on any atom is -0.393 e. The Morgan fingerprint density at radius 1 is 1.59 bits per heavy atom. The second-order valence-corrected chi connectivity index (χ2v) is 4.68. The zero-order chi connectivity index (χ0) is 13.1. The summed E-state index contributed by atoms with van der Waals surface area (Å²) in [6, 6.07) is 1.32. The van der Waals surface area contributed by atoms with Crippen LogP contribution in [0.5, 0.6) is 0 Å². The second kappa shape index (κ2) is 5.29. The Kier molecular flexibility index (Phi) is 4.25. The van der Waals surface area contributed by atoms with Gasteiger partial charge in [0.2, 0.25) is 0 Å². The SMILES string of the molecule is CC(C)c1nc(NCC(C)(O)CO)cc(=O)[nH]1. The van der Waals surface area contributed by atoms with Crippen molar-refractivity contribution in [1.29, 1.82) is 0 Å². The van der Waals surface area contributed by atoms with E-state index in [0.29, 0.717) is 11.6 Å². The number of rotatable bonds is 5. The van der Waals surface area contributed by atoms with Crippen molar-refractivity contribution >= 4 is 5.82 Å². The zero-order valence-electron chi connectivity index (χ0n) is 10.3. The van der Waals surface area contributed by atoms with Crippen molar-refractivity contribution in [3.05, 3.63) is 22.2 Å². The molecule has 0 aliphatic carbocycles. The van der Waals surface area contributed by atoms with E-state index in [1.54, 1.807) is 0 Å². The molecule has 0 saturated carbocycles. The van der Waals surface area contributed by atoms with Crippen molar-refractivity contribution in [2.75, 3.05) is 18.5 Å². The van der Waals surface area contributed by atoms with E-state index in [9.17, 15) is 9.90 Å². The highest BCUT2D eigenvalue weighted by Gasteiger charge is 2.18. The molecule has 0 fully saturated rings. The molecule has 1 aromatic rings. The summed E-state index contributed by atoms with van der Waals surface area (Å²) in [6.45, 7) is 5.10. The third-order valence-electron chi connectivity index (χ3n) is 2.30. The smallest absolute Gasteiger partial charge is 0.252 e. The quantitative estimate of drug-likeness (QED) is 0.584. The predicted octanol–water partition coefficient (Wildman–Crippen LogP) is 0.0485. The molecule has 0 aliphatic rings. The predicted molar refractivity (Wildman–Crippen MR) is 65.1 cm³/mol. The largest absolute Gasteiger partial charge is 0.393 e. The summed E-state index contributed by atoms with van der Waals surface area (Å²) in [4.78, 5) is 18.2. The molecule has 1 rings (SSSR count). The number of nitrogens with one attached hydrogen (secondary N) is 2. The summed E-state index contributed by atoms with van der Waals surface area (Å²) in [6.07, 6.45) is 0. The van der Waals surface area contributed by atoms with Crippen LogP contribution in [0.25, 0.3) is 0 Å². The molecule has 0 aromatic carbocycles. The molecule has 96 valence electrons. The monoisotopic (exact) mass is 241 g/mol. The number of aromatic nitrogens is 2. The number of nitrogens with zero attached hydrogens (tertiary/aromatic N) is 1. The Morgan fingerprint density at radius 2 is 2.24 bits per heavy atom. The van der Waals surface area contributed by atoms with Crippen molar-refractivity contribution in [3.8, 4) is 0 Å². The summed E-state index contributed by atoms with van der Waals surface area (Å²) >= 11 is 0. The average Bonchev–Trinajstić information content (AvgIpc) is 2.26. The summed E-state index contributed by atoms with van der Waals surface area (Å²) in [5.41, 5.74) is -1.47. The molecule has 4 N–H and O–H groups in total. The molecule has 6 heteroatoms. The third kappa shape index (κ3) is 4.16. The fourth-order valence-corrected chi connectivity index (χ4v) is 1.18. The van der Waals surface area contributed by atoms with E-state index in [1.807, 2.05) is 13.8 Å². The molecule has 1 aromatic heterocycles. The molecule has 0 saturated heterocycles. The van der Waals surface area contributed by atoms with Crippen LogP contribution in [-0.4, -0.2) is 38.9 Å². The van der Waals surface area contributed by atoms with Crippen LogP contribution in [-0.2, 0) is 0 Å². The average molecular weight is 241 g/mol. The van der Waals surface area contributed by atoms with E-state index in [0.717, 1.165) is 0 Å². The van der Waals surface area contributed by atoms with Crippen LogP contribution in [0.2, 0.25) is 0 Å². The van der Waals surface area contributed by atoms with Gasteiger partial charge in [0, 0.05) is 18.5 Å². The maximum atomic E-state index is 11.4. The van der Waals surface area contributed by atoms with E-state index in [2.05, 4.69) is 15.3 Å². The summed E-state index contributed by atoms with van der Waals surface area (Å²) < 4.78 is 0. The molecule has 0 bridgehead atoms. The third-order valence-corrected chi connectivity index (χ3v) is 2.30. The Morgan fingerprint density at radius 3 is 2.76 bits per heavy atom. The van der Waals surface area contributed by atoms with Gasteiger partial charge in [-0.25, -0.2) is 4.98 Å². The van der Waals surface area contributed by atoms with Crippen molar-refractivity contribution in [1.82, 2.24) is 9.97 Å². The van der Waals surface area contributed by atoms with Gasteiger partial charge in [0.1, 0.15) is 17.2 Å². The van der Waals surface area contributed by atoms with Crippen molar-refractivity contribution in [2.45, 2.75) is 32.3 Å². The van der Waals surface area contributed by atoms with Gasteiger partial charge in [0.15, 0.2) is 0 Å². The minimum atomic E-state index is -1.23. The molecule has 0 spiro atoms. The molecule has 1 unspecified atom stereocenters. The molecule has 6 nitrogen and oxygen atoms in total. The van der Waals surface area contributed by atoms with Crippen LogP contribution in [0.15, 0.2) is 10.9 Å². The van der Waals surface area contributed by atoms with Gasteiger partial charge in [-0.15, -0.1) is 0 Å². The Hall–Kier alpha value is -1.40. The van der Waals surface area contributed by atoms with Gasteiger partial charge in [0.05, 0.1) is 6.61 Å². The van der Waals surface area contributed by atoms with Crippen molar-refractivity contribution in [2.24, 2.45) is 0 Å². The number of aromatic amines is 1. The lowest BCUT2D eigenvalue weighted by Gasteiger charge is -2.21. The standard InChI is InChI=1S/C11H19N3O3/c1-7(2)10-13-8(4-9(16)14-10)12-5-11(3,17)6-15/h4,7,15,17H,5-6H2,1-3H3,(H2,12,13,14,16). The van der Waals surface area contributed by atoms with Crippen molar-refractivity contribution in [3.63, 3.8) is 0 Å². The fourth-order valence-electron chi connectivity index (χ4n) is 1.18. The van der Waals surface area contributed by atoms with Gasteiger partial charge in [-0.1, -0.05) is 13.8 Å². The summed E-state index contributed by atoms with van der Waals surface area (Å²) in [7, 11) is 0. The van der Waals surface area contributed by atoms with Gasteiger partial charge in [0.25, 0.3) is 5.56 Å². The van der Waals surface area contributed by atoms with E-state index in [-0.39, 0.29) is 24.6 Å². The fraction of sp³-hybridized carbons (Fsp3) is 0.636. The van der Waals surface area contributed by atoms with Gasteiger partial charge < -0.3 is 20.5 Å². The van der Waals surface area contributed by atoms with Crippen LogP contribution in [0.3, 0.4) is 0 Å². The van der Waals surface area contributed by atoms with E-state index in [1.165, 1.54) is 13.0 Å². The normalized spacial score (nSPS) is 14.7. The Labute approximate surface area is 99.7 Å². The number of aliphatic hydroxyl groups is 2. The highest BCUT2D eigenvalue weighted by molar-refractivity contribution is 5.33. The molecule has 0 amide bonds. The van der Waals surface area contributed by atoms with E-state index in [4.69, 9.17) is 5.11 Å². The summed E-state index contributed by atoms with van der Waals surface area (Å²) in [5, 5.41) is 21.3. The molecule has 1 atom stereocenters. The van der Waals surface area contributed by atoms with Gasteiger partial charge in [-0.2, -0.15) is 0 Å². The van der Waals surface area contributed by atoms with E-state index >= 15 is 0 Å². The zero-order valence-corrected chi connectivity index (χ0v) is 10.3. The lowest BCUT2D eigenvalue weighted by Crippen LogP contribution is -2.37. The Bertz CT molecular complexity index is 426. The molecule has 17 heavy (non-hydrogen) atoms. The maximum Gasteiger partial charge on any atom is 0.252 e. The first-order chi connectivity index (χ1) is 7.84. The second-order valence-electron chi connectivity index (χ2n) is 4.68. The van der Waals surface area contributed by atoms with Gasteiger partial charge in [-0.05, 0) is 6.92 Å². The maximum absolute atomic E-state index is 11.4. The minimum absolute atomic E-state index is 0.114. The van der Waals surface area contributed by atoms with Crippen LogP contribution < -0.4 is 10.9 Å². The molecular weight excluding hydrogens is 222 g/mol.